The van der Waals surface area contributed by atoms with E-state index in [2.05, 4.69) is 15.0 Å². The highest BCUT2D eigenvalue weighted by Crippen LogP contribution is 2.30. The van der Waals surface area contributed by atoms with Gasteiger partial charge in [-0.2, -0.15) is 4.39 Å². The smallest absolute Gasteiger partial charge is 0.213 e. The van der Waals surface area contributed by atoms with Crippen molar-refractivity contribution >= 4 is 22.2 Å². The number of rotatable bonds is 1. The van der Waals surface area contributed by atoms with Crippen LogP contribution in [0.25, 0.3) is 21.3 Å². The number of aromatic nitrogens is 3. The first kappa shape index (κ1) is 8.55. The summed E-state index contributed by atoms with van der Waals surface area (Å²) in [4.78, 5) is 11.7. The van der Waals surface area contributed by atoms with E-state index < -0.39 is 5.95 Å². The number of hydrogen-bond acceptors (Lipinski definition) is 3. The second kappa shape index (κ2) is 3.13. The molecule has 1 N–H and O–H groups in total. The zero-order valence-corrected chi connectivity index (χ0v) is 8.38. The van der Waals surface area contributed by atoms with Crippen LogP contribution in [0.3, 0.4) is 0 Å². The molecule has 3 aromatic heterocycles. The van der Waals surface area contributed by atoms with Crippen LogP contribution in [0.2, 0.25) is 0 Å². The Hall–Kier alpha value is -1.75. The van der Waals surface area contributed by atoms with Crippen molar-refractivity contribution in [3.05, 3.63) is 36.1 Å². The van der Waals surface area contributed by atoms with Crippen molar-refractivity contribution < 1.29 is 4.39 Å². The molecule has 3 aromatic rings. The quantitative estimate of drug-likeness (QED) is 0.639. The first-order chi connectivity index (χ1) is 7.34. The number of hydrogen-bond donors (Lipinski definition) is 1. The molecule has 3 heterocycles. The van der Waals surface area contributed by atoms with Gasteiger partial charge in [-0.25, -0.2) is 4.98 Å². The second-order valence-corrected chi connectivity index (χ2v) is 4.01. The molecular weight excluding hydrogens is 213 g/mol. The standard InChI is InChI=1S/C10H6FN3S/c11-10-1-6-7(9-4-12-5-15-9)2-13-8(6)3-14-10/h1-5,13H. The number of halogens is 1. The zero-order chi connectivity index (χ0) is 10.3. The molecule has 0 amide bonds. The van der Waals surface area contributed by atoms with Crippen molar-refractivity contribution in [3.8, 4) is 10.4 Å². The predicted octanol–water partition coefficient (Wildman–Crippen LogP) is 2.83. The summed E-state index contributed by atoms with van der Waals surface area (Å²) in [5.74, 6) is -0.465. The summed E-state index contributed by atoms with van der Waals surface area (Å²) in [7, 11) is 0. The first-order valence-corrected chi connectivity index (χ1v) is 5.24. The SMILES string of the molecule is Fc1cc2c(-c3cncs3)c[nH]c2cn1. The number of H-pyrrole nitrogens is 1. The van der Waals surface area contributed by atoms with E-state index in [0.29, 0.717) is 0 Å². The van der Waals surface area contributed by atoms with E-state index in [0.717, 1.165) is 21.3 Å². The molecule has 5 heteroatoms. The Labute approximate surface area is 88.6 Å². The Morgan fingerprint density at radius 2 is 2.27 bits per heavy atom. The lowest BCUT2D eigenvalue weighted by Crippen LogP contribution is -1.80. The summed E-state index contributed by atoms with van der Waals surface area (Å²) in [6, 6.07) is 1.43. The Bertz CT molecular complexity index is 600. The molecule has 0 radical (unpaired) electrons. The van der Waals surface area contributed by atoms with Crippen LogP contribution in [0, 0.1) is 5.95 Å². The van der Waals surface area contributed by atoms with Crippen LogP contribution in [0.15, 0.2) is 30.2 Å². The zero-order valence-electron chi connectivity index (χ0n) is 7.57. The summed E-state index contributed by atoms with van der Waals surface area (Å²) in [5, 5.41) is 0.840. The van der Waals surface area contributed by atoms with Crippen LogP contribution >= 0.6 is 11.3 Å². The van der Waals surface area contributed by atoms with Crippen LogP contribution in [0.5, 0.6) is 0 Å². The molecule has 0 aliphatic heterocycles. The molecule has 74 valence electrons. The fourth-order valence-electron chi connectivity index (χ4n) is 1.55. The van der Waals surface area contributed by atoms with Gasteiger partial charge in [0.1, 0.15) is 0 Å². The second-order valence-electron chi connectivity index (χ2n) is 3.12. The monoisotopic (exact) mass is 219 g/mol. The Morgan fingerprint density at radius 3 is 3.07 bits per heavy atom. The number of fused-ring (bicyclic) bond motifs is 1. The summed E-state index contributed by atoms with van der Waals surface area (Å²) in [6.45, 7) is 0. The third kappa shape index (κ3) is 1.32. The maximum atomic E-state index is 13.0. The van der Waals surface area contributed by atoms with E-state index >= 15 is 0 Å². The summed E-state index contributed by atoms with van der Waals surface area (Å²) >= 11 is 1.53. The Balaban J connectivity index is 2.32. The lowest BCUT2D eigenvalue weighted by molar-refractivity contribution is 0.586. The minimum absolute atomic E-state index is 0.465. The molecule has 0 aromatic carbocycles. The highest BCUT2D eigenvalue weighted by molar-refractivity contribution is 7.13. The van der Waals surface area contributed by atoms with Crippen molar-refractivity contribution in [2.24, 2.45) is 0 Å². The molecule has 0 unspecified atom stereocenters. The third-order valence-corrected chi connectivity index (χ3v) is 3.04. The van der Waals surface area contributed by atoms with Crippen molar-refractivity contribution in [2.45, 2.75) is 0 Å². The molecule has 0 aliphatic carbocycles. The van der Waals surface area contributed by atoms with Gasteiger partial charge in [0.05, 0.1) is 22.1 Å². The minimum atomic E-state index is -0.465. The number of nitrogens with zero attached hydrogens (tertiary/aromatic N) is 2. The van der Waals surface area contributed by atoms with Crippen LogP contribution in [-0.2, 0) is 0 Å². The van der Waals surface area contributed by atoms with Gasteiger partial charge in [-0.1, -0.05) is 0 Å². The average Bonchev–Trinajstić information content (AvgIpc) is 2.83. The predicted molar refractivity (Wildman–Crippen MR) is 57.2 cm³/mol. The van der Waals surface area contributed by atoms with Crippen molar-refractivity contribution in [1.82, 2.24) is 15.0 Å². The average molecular weight is 219 g/mol. The van der Waals surface area contributed by atoms with E-state index in [-0.39, 0.29) is 0 Å². The first-order valence-electron chi connectivity index (χ1n) is 4.36. The molecule has 0 bridgehead atoms. The van der Waals surface area contributed by atoms with Gasteiger partial charge < -0.3 is 4.98 Å². The van der Waals surface area contributed by atoms with Crippen molar-refractivity contribution in [3.63, 3.8) is 0 Å². The molecule has 0 fully saturated rings. The normalized spacial score (nSPS) is 11.0. The van der Waals surface area contributed by atoms with Gasteiger partial charge in [-0.15, -0.1) is 11.3 Å². The molecule has 0 saturated heterocycles. The van der Waals surface area contributed by atoms with Crippen LogP contribution in [-0.4, -0.2) is 15.0 Å². The molecule has 0 aliphatic rings. The molecular formula is C10H6FN3S. The summed E-state index contributed by atoms with van der Waals surface area (Å²) in [5.41, 5.74) is 3.56. The number of thiazole rings is 1. The van der Waals surface area contributed by atoms with Gasteiger partial charge in [0, 0.05) is 29.4 Å². The third-order valence-electron chi connectivity index (χ3n) is 2.23. The number of aromatic amines is 1. The maximum absolute atomic E-state index is 13.0. The van der Waals surface area contributed by atoms with E-state index in [1.165, 1.54) is 23.6 Å². The van der Waals surface area contributed by atoms with Crippen LogP contribution in [0.4, 0.5) is 4.39 Å². The molecule has 3 nitrogen and oxygen atoms in total. The topological polar surface area (TPSA) is 41.6 Å². The molecule has 0 atom stereocenters. The summed E-state index contributed by atoms with van der Waals surface area (Å²) in [6.07, 6.45) is 5.11. The van der Waals surface area contributed by atoms with E-state index in [1.54, 1.807) is 11.7 Å². The van der Waals surface area contributed by atoms with Gasteiger partial charge >= 0.3 is 0 Å². The maximum Gasteiger partial charge on any atom is 0.213 e. The molecule has 3 rings (SSSR count). The van der Waals surface area contributed by atoms with Gasteiger partial charge in [0.15, 0.2) is 0 Å². The fraction of sp³-hybridized carbons (Fsp3) is 0. The van der Waals surface area contributed by atoms with Crippen LogP contribution in [0.1, 0.15) is 0 Å². The molecule has 15 heavy (non-hydrogen) atoms. The molecule has 0 spiro atoms. The van der Waals surface area contributed by atoms with Gasteiger partial charge in [-0.05, 0) is 0 Å². The van der Waals surface area contributed by atoms with E-state index in [9.17, 15) is 4.39 Å². The van der Waals surface area contributed by atoms with E-state index in [4.69, 9.17) is 0 Å². The lowest BCUT2D eigenvalue weighted by Gasteiger charge is -1.93. The highest BCUT2D eigenvalue weighted by Gasteiger charge is 2.08. The lowest BCUT2D eigenvalue weighted by atomic mass is 10.2. The molecule has 0 saturated carbocycles. The number of nitrogens with one attached hydrogen (secondary N) is 1. The van der Waals surface area contributed by atoms with Gasteiger partial charge in [0.25, 0.3) is 0 Å². The fourth-order valence-corrected chi connectivity index (χ4v) is 2.20. The Morgan fingerprint density at radius 1 is 1.33 bits per heavy atom. The largest absolute Gasteiger partial charge is 0.359 e. The van der Waals surface area contributed by atoms with Crippen molar-refractivity contribution in [1.29, 1.82) is 0 Å². The van der Waals surface area contributed by atoms with Gasteiger partial charge in [0.2, 0.25) is 5.95 Å². The number of pyridine rings is 1. The minimum Gasteiger partial charge on any atom is -0.359 e. The highest BCUT2D eigenvalue weighted by atomic mass is 32.1. The van der Waals surface area contributed by atoms with Crippen molar-refractivity contribution in [2.75, 3.05) is 0 Å². The van der Waals surface area contributed by atoms with Crippen LogP contribution < -0.4 is 0 Å². The Kier molecular flexibility index (Phi) is 1.78. The van der Waals surface area contributed by atoms with E-state index in [1.807, 2.05) is 6.20 Å². The van der Waals surface area contributed by atoms with Gasteiger partial charge in [-0.3, -0.25) is 4.98 Å². The summed E-state index contributed by atoms with van der Waals surface area (Å²) < 4.78 is 13.0.